The van der Waals surface area contributed by atoms with Crippen LogP contribution in [0.1, 0.15) is 51.5 Å². The number of hydrogen-bond acceptors (Lipinski definition) is 1. The van der Waals surface area contributed by atoms with E-state index in [0.717, 1.165) is 29.3 Å². The molecule has 130 valence electrons. The standard InChI is InChI=1S/C19H26FN3O/c1-19(2,12-22-18(24)23-14-6-4-3-5-7-14)16-11-21-17-10-13(20)8-9-15(16)17/h8-11,14,21H,3-7,12H2,1-2H3,(H2,22,23,24). The molecule has 1 saturated carbocycles. The zero-order chi connectivity index (χ0) is 17.2. The second-order valence-electron chi connectivity index (χ2n) is 7.44. The number of benzene rings is 1. The van der Waals surface area contributed by atoms with Crippen LogP contribution in [-0.4, -0.2) is 23.6 Å². The zero-order valence-electron chi connectivity index (χ0n) is 14.4. The van der Waals surface area contributed by atoms with E-state index in [-0.39, 0.29) is 17.3 Å². The van der Waals surface area contributed by atoms with Crippen LogP contribution in [0.2, 0.25) is 0 Å². The van der Waals surface area contributed by atoms with Crippen LogP contribution < -0.4 is 10.6 Å². The summed E-state index contributed by atoms with van der Waals surface area (Å²) in [6.45, 7) is 4.69. The maximum absolute atomic E-state index is 13.3. The smallest absolute Gasteiger partial charge is 0.315 e. The number of H-pyrrole nitrogens is 1. The van der Waals surface area contributed by atoms with E-state index >= 15 is 0 Å². The van der Waals surface area contributed by atoms with Gasteiger partial charge in [-0.15, -0.1) is 0 Å². The number of aromatic amines is 1. The van der Waals surface area contributed by atoms with E-state index in [0.29, 0.717) is 12.6 Å². The summed E-state index contributed by atoms with van der Waals surface area (Å²) in [5.41, 5.74) is 1.61. The Labute approximate surface area is 142 Å². The molecule has 1 aliphatic rings. The molecule has 2 aromatic rings. The van der Waals surface area contributed by atoms with E-state index in [1.807, 2.05) is 6.20 Å². The second-order valence-corrected chi connectivity index (χ2v) is 7.44. The highest BCUT2D eigenvalue weighted by atomic mass is 19.1. The number of fused-ring (bicyclic) bond motifs is 1. The van der Waals surface area contributed by atoms with Gasteiger partial charge in [0.25, 0.3) is 0 Å². The van der Waals surface area contributed by atoms with Crippen LogP contribution >= 0.6 is 0 Å². The van der Waals surface area contributed by atoms with Crippen LogP contribution in [0.3, 0.4) is 0 Å². The highest BCUT2D eigenvalue weighted by Crippen LogP contribution is 2.30. The first kappa shape index (κ1) is 16.8. The molecule has 1 aromatic heterocycles. The van der Waals surface area contributed by atoms with E-state index in [2.05, 4.69) is 29.5 Å². The van der Waals surface area contributed by atoms with E-state index in [4.69, 9.17) is 0 Å². The molecule has 3 N–H and O–H groups in total. The Balaban J connectivity index is 1.63. The van der Waals surface area contributed by atoms with E-state index < -0.39 is 0 Å². The summed E-state index contributed by atoms with van der Waals surface area (Å²) < 4.78 is 13.3. The molecule has 5 heteroatoms. The fraction of sp³-hybridized carbons (Fsp3) is 0.526. The Morgan fingerprint density at radius 3 is 2.79 bits per heavy atom. The Morgan fingerprint density at radius 2 is 2.04 bits per heavy atom. The van der Waals surface area contributed by atoms with Crippen molar-refractivity contribution in [3.63, 3.8) is 0 Å². The third-order valence-corrected chi connectivity index (χ3v) is 5.00. The summed E-state index contributed by atoms with van der Waals surface area (Å²) in [5.74, 6) is -0.251. The highest BCUT2D eigenvalue weighted by molar-refractivity contribution is 5.84. The van der Waals surface area contributed by atoms with Crippen molar-refractivity contribution in [1.29, 1.82) is 0 Å². The van der Waals surface area contributed by atoms with Gasteiger partial charge in [-0.25, -0.2) is 9.18 Å². The summed E-state index contributed by atoms with van der Waals surface area (Å²) >= 11 is 0. The predicted octanol–water partition coefficient (Wildman–Crippen LogP) is 4.22. The van der Waals surface area contributed by atoms with Gasteiger partial charge in [0.15, 0.2) is 0 Å². The van der Waals surface area contributed by atoms with Crippen molar-refractivity contribution in [2.75, 3.05) is 6.54 Å². The SMILES string of the molecule is CC(C)(CNC(=O)NC1CCCCC1)c1c[nH]c2cc(F)ccc12. The second kappa shape index (κ2) is 6.83. The van der Waals surface area contributed by atoms with Crippen LogP contribution in [0.25, 0.3) is 10.9 Å². The lowest BCUT2D eigenvalue weighted by Crippen LogP contribution is -2.46. The fourth-order valence-electron chi connectivity index (χ4n) is 3.54. The molecule has 24 heavy (non-hydrogen) atoms. The van der Waals surface area contributed by atoms with Gasteiger partial charge in [0.1, 0.15) is 5.82 Å². The number of amides is 2. The molecule has 1 heterocycles. The van der Waals surface area contributed by atoms with Crippen molar-refractivity contribution in [2.24, 2.45) is 0 Å². The van der Waals surface area contributed by atoms with Crippen molar-refractivity contribution >= 4 is 16.9 Å². The summed E-state index contributed by atoms with van der Waals surface area (Å²) in [7, 11) is 0. The average Bonchev–Trinajstić information content (AvgIpc) is 2.98. The molecule has 0 radical (unpaired) electrons. The number of carbonyl (C=O) groups is 1. The molecular formula is C19H26FN3O. The molecule has 1 fully saturated rings. The number of aromatic nitrogens is 1. The quantitative estimate of drug-likeness (QED) is 0.772. The minimum absolute atomic E-state index is 0.0964. The molecule has 1 aromatic carbocycles. The van der Waals surface area contributed by atoms with Crippen molar-refractivity contribution < 1.29 is 9.18 Å². The molecule has 0 atom stereocenters. The van der Waals surface area contributed by atoms with E-state index in [1.54, 1.807) is 6.07 Å². The lowest BCUT2D eigenvalue weighted by molar-refractivity contribution is 0.230. The van der Waals surface area contributed by atoms with Gasteiger partial charge in [0.05, 0.1) is 0 Å². The number of nitrogens with one attached hydrogen (secondary N) is 3. The van der Waals surface area contributed by atoms with Gasteiger partial charge in [-0.2, -0.15) is 0 Å². The number of urea groups is 1. The lowest BCUT2D eigenvalue weighted by atomic mass is 9.84. The number of carbonyl (C=O) groups excluding carboxylic acids is 1. The molecule has 0 bridgehead atoms. The molecule has 1 aliphatic carbocycles. The first-order valence-electron chi connectivity index (χ1n) is 8.77. The van der Waals surface area contributed by atoms with Crippen molar-refractivity contribution in [3.05, 3.63) is 35.8 Å². The van der Waals surface area contributed by atoms with E-state index in [9.17, 15) is 9.18 Å². The third-order valence-electron chi connectivity index (χ3n) is 5.00. The van der Waals surface area contributed by atoms with Crippen molar-refractivity contribution in [3.8, 4) is 0 Å². The Morgan fingerprint density at radius 1 is 1.29 bits per heavy atom. The normalized spacial score (nSPS) is 16.3. The first-order chi connectivity index (χ1) is 11.5. The Hall–Kier alpha value is -2.04. The maximum Gasteiger partial charge on any atom is 0.315 e. The minimum atomic E-state index is -0.251. The first-order valence-corrected chi connectivity index (χ1v) is 8.77. The fourth-order valence-corrected chi connectivity index (χ4v) is 3.54. The van der Waals surface area contributed by atoms with Crippen LogP contribution in [0.15, 0.2) is 24.4 Å². The number of halogens is 1. The van der Waals surface area contributed by atoms with Gasteiger partial charge in [-0.3, -0.25) is 0 Å². The van der Waals surface area contributed by atoms with Crippen molar-refractivity contribution in [2.45, 2.75) is 57.4 Å². The van der Waals surface area contributed by atoms with Crippen LogP contribution in [0.4, 0.5) is 9.18 Å². The number of rotatable bonds is 4. The third kappa shape index (κ3) is 3.71. The molecule has 0 aliphatic heterocycles. The van der Waals surface area contributed by atoms with Gasteiger partial charge >= 0.3 is 6.03 Å². The van der Waals surface area contributed by atoms with Gasteiger partial charge in [-0.1, -0.05) is 33.1 Å². The summed E-state index contributed by atoms with van der Waals surface area (Å²) in [6, 6.07) is 4.97. The predicted molar refractivity (Wildman–Crippen MR) is 94.7 cm³/mol. The molecule has 0 saturated heterocycles. The van der Waals surface area contributed by atoms with Gasteiger partial charge in [-0.05, 0) is 36.6 Å². The summed E-state index contributed by atoms with van der Waals surface area (Å²) in [6.07, 6.45) is 7.72. The highest BCUT2D eigenvalue weighted by Gasteiger charge is 2.25. The molecular weight excluding hydrogens is 305 g/mol. The van der Waals surface area contributed by atoms with Crippen LogP contribution in [0, 0.1) is 5.82 Å². The van der Waals surface area contributed by atoms with Gasteiger partial charge in [0, 0.05) is 35.1 Å². The summed E-state index contributed by atoms with van der Waals surface area (Å²) in [5, 5.41) is 7.07. The zero-order valence-corrected chi connectivity index (χ0v) is 14.4. The average molecular weight is 331 g/mol. The van der Waals surface area contributed by atoms with Crippen molar-refractivity contribution in [1.82, 2.24) is 15.6 Å². The largest absolute Gasteiger partial charge is 0.361 e. The van der Waals surface area contributed by atoms with Crippen LogP contribution in [0.5, 0.6) is 0 Å². The Kier molecular flexibility index (Phi) is 4.78. The summed E-state index contributed by atoms with van der Waals surface area (Å²) in [4.78, 5) is 15.3. The molecule has 0 spiro atoms. The monoisotopic (exact) mass is 331 g/mol. The minimum Gasteiger partial charge on any atom is -0.361 e. The molecule has 0 unspecified atom stereocenters. The Bertz CT molecular complexity index is 716. The molecule has 3 rings (SSSR count). The molecule has 2 amide bonds. The topological polar surface area (TPSA) is 56.9 Å². The van der Waals surface area contributed by atoms with E-state index in [1.165, 1.54) is 31.4 Å². The lowest BCUT2D eigenvalue weighted by Gasteiger charge is -2.27. The molecule has 4 nitrogen and oxygen atoms in total. The van der Waals surface area contributed by atoms with Crippen LogP contribution in [-0.2, 0) is 5.41 Å². The number of hydrogen-bond donors (Lipinski definition) is 3. The van der Waals surface area contributed by atoms with Gasteiger partial charge < -0.3 is 15.6 Å². The van der Waals surface area contributed by atoms with Gasteiger partial charge in [0.2, 0.25) is 0 Å². The maximum atomic E-state index is 13.3.